The van der Waals surface area contributed by atoms with Crippen molar-refractivity contribution in [3.8, 4) is 0 Å². The van der Waals surface area contributed by atoms with E-state index in [0.29, 0.717) is 26.4 Å². The first-order chi connectivity index (χ1) is 26.3. The maximum Gasteiger partial charge on any atom is 0.192 e. The second-order valence-corrected chi connectivity index (χ2v) is 27.5. The lowest BCUT2D eigenvalue weighted by Crippen LogP contribution is -2.49. The van der Waals surface area contributed by atoms with Gasteiger partial charge in [-0.1, -0.05) is 148 Å². The van der Waals surface area contributed by atoms with Crippen LogP contribution in [-0.2, 0) is 46.3 Å². The number of ether oxygens (including phenoxy) is 4. The van der Waals surface area contributed by atoms with E-state index in [2.05, 4.69) is 120 Å². The normalized spacial score (nSPS) is 22.4. The molecule has 56 heavy (non-hydrogen) atoms. The molecule has 3 aromatic rings. The highest BCUT2D eigenvalue weighted by Gasteiger charge is 2.41. The van der Waals surface area contributed by atoms with Crippen molar-refractivity contribution in [1.82, 2.24) is 0 Å². The second-order valence-electron chi connectivity index (χ2n) is 17.3. The molecule has 0 saturated heterocycles. The number of hydrogen-bond acceptors (Lipinski definition) is 8. The molecule has 0 aliphatic carbocycles. The Bertz CT molecular complexity index is 1580. The van der Waals surface area contributed by atoms with Gasteiger partial charge in [-0.05, 0) is 65.1 Å². The molecule has 2 heterocycles. The summed E-state index contributed by atoms with van der Waals surface area (Å²) in [5.41, 5.74) is 3.59. The zero-order valence-corrected chi connectivity index (χ0v) is 38.8. The van der Waals surface area contributed by atoms with Crippen LogP contribution in [0.4, 0.5) is 0 Å². The predicted octanol–water partition coefficient (Wildman–Crippen LogP) is 10.3. The smallest absolute Gasteiger partial charge is 0.192 e. The molecule has 2 aliphatic heterocycles. The van der Waals surface area contributed by atoms with Gasteiger partial charge in [0, 0.05) is 5.33 Å². The Morgan fingerprint density at radius 3 is 1.45 bits per heavy atom. The van der Waals surface area contributed by atoms with Gasteiger partial charge in [0.1, 0.15) is 36.6 Å². The first-order valence-corrected chi connectivity index (χ1v) is 26.5. The summed E-state index contributed by atoms with van der Waals surface area (Å²) in [5, 5.41) is 20.4. The van der Waals surface area contributed by atoms with Gasteiger partial charge < -0.3 is 38.0 Å². The van der Waals surface area contributed by atoms with Crippen molar-refractivity contribution in [2.45, 2.75) is 133 Å². The Labute approximate surface area is 347 Å². The zero-order chi connectivity index (χ0) is 41.4. The van der Waals surface area contributed by atoms with Crippen LogP contribution in [0.3, 0.4) is 0 Å². The Kier molecular flexibility index (Phi) is 19.2. The van der Waals surface area contributed by atoms with E-state index in [0.717, 1.165) is 16.5 Å². The molecule has 310 valence electrons. The molecule has 3 aromatic carbocycles. The topological polar surface area (TPSA) is 95.8 Å². The van der Waals surface area contributed by atoms with Crippen molar-refractivity contribution in [3.63, 3.8) is 0 Å². The van der Waals surface area contributed by atoms with E-state index in [1.165, 1.54) is 17.9 Å². The predicted molar refractivity (Wildman–Crippen MR) is 235 cm³/mol. The molecule has 0 aromatic heterocycles. The summed E-state index contributed by atoms with van der Waals surface area (Å²) in [6, 6.07) is 30.7. The lowest BCUT2D eigenvalue weighted by Gasteiger charge is -2.40. The van der Waals surface area contributed by atoms with Crippen LogP contribution in [0.5, 0.6) is 0 Å². The van der Waals surface area contributed by atoms with Crippen LogP contribution in [0.1, 0.15) is 58.2 Å². The molecule has 0 fully saturated rings. The maximum atomic E-state index is 9.75. The summed E-state index contributed by atoms with van der Waals surface area (Å²) in [5.74, 6) is 0. The molecule has 11 heteroatoms. The number of benzene rings is 3. The zero-order valence-electron chi connectivity index (χ0n) is 35.2. The van der Waals surface area contributed by atoms with Gasteiger partial charge in [0.05, 0.1) is 39.0 Å². The van der Waals surface area contributed by atoms with Crippen LogP contribution < -0.4 is 0 Å². The SMILES string of the molecule is BrCc1ccccc1.CC(C)(C)[Si](C)(C)OCC1OC=CC(O)C1O.CC(C)(C)[Si](C)(C)OCC1OC=CC(OCc2ccccc2)C1OCc1ccccc1. The van der Waals surface area contributed by atoms with Gasteiger partial charge in [0.2, 0.25) is 0 Å². The number of halogens is 1. The first kappa shape index (κ1) is 47.8. The quantitative estimate of drug-likeness (QED) is 0.130. The molecule has 0 amide bonds. The van der Waals surface area contributed by atoms with Crippen LogP contribution >= 0.6 is 15.9 Å². The number of rotatable bonds is 13. The van der Waals surface area contributed by atoms with Crippen LogP contribution in [0.25, 0.3) is 0 Å². The number of aliphatic hydroxyl groups excluding tert-OH is 2. The molecule has 0 saturated carbocycles. The van der Waals surface area contributed by atoms with Gasteiger partial charge in [-0.15, -0.1) is 0 Å². The second kappa shape index (κ2) is 22.5. The molecule has 2 aliphatic rings. The van der Waals surface area contributed by atoms with Gasteiger partial charge >= 0.3 is 0 Å². The van der Waals surface area contributed by atoms with E-state index < -0.39 is 34.9 Å². The monoisotopic (exact) mass is 870 g/mol. The highest BCUT2D eigenvalue weighted by atomic mass is 79.9. The molecule has 2 N–H and O–H groups in total. The van der Waals surface area contributed by atoms with Crippen LogP contribution in [0.2, 0.25) is 36.3 Å². The minimum Gasteiger partial charge on any atom is -0.493 e. The van der Waals surface area contributed by atoms with Crippen LogP contribution in [-0.4, -0.2) is 76.7 Å². The average Bonchev–Trinajstić information content (AvgIpc) is 3.17. The molecular formula is C45H67BrO8Si2. The fourth-order valence-corrected chi connectivity index (χ4v) is 7.40. The van der Waals surface area contributed by atoms with Gasteiger partial charge in [-0.2, -0.15) is 0 Å². The van der Waals surface area contributed by atoms with E-state index >= 15 is 0 Å². The van der Waals surface area contributed by atoms with Crippen LogP contribution in [0, 0.1) is 0 Å². The Morgan fingerprint density at radius 2 is 1.00 bits per heavy atom. The Balaban J connectivity index is 0.000000279. The van der Waals surface area contributed by atoms with Crippen molar-refractivity contribution in [1.29, 1.82) is 0 Å². The summed E-state index contributed by atoms with van der Waals surface area (Å²) in [7, 11) is -3.74. The summed E-state index contributed by atoms with van der Waals surface area (Å²) < 4.78 is 36.3. The van der Waals surface area contributed by atoms with E-state index in [9.17, 15) is 10.2 Å². The summed E-state index contributed by atoms with van der Waals surface area (Å²) in [6.07, 6.45) is 3.61. The maximum absolute atomic E-state index is 9.75. The Morgan fingerprint density at radius 1 is 0.589 bits per heavy atom. The molecule has 0 radical (unpaired) electrons. The van der Waals surface area contributed by atoms with Gasteiger partial charge in [-0.3, -0.25) is 0 Å². The third-order valence-electron chi connectivity index (χ3n) is 10.9. The average molecular weight is 872 g/mol. The van der Waals surface area contributed by atoms with E-state index in [4.69, 9.17) is 27.8 Å². The highest BCUT2D eigenvalue weighted by Crippen LogP contribution is 2.38. The Hall–Kier alpha value is -2.59. The number of hydrogen-bond donors (Lipinski definition) is 2. The van der Waals surface area contributed by atoms with E-state index in [-0.39, 0.29) is 28.4 Å². The molecule has 0 bridgehead atoms. The third-order valence-corrected chi connectivity index (χ3v) is 20.5. The van der Waals surface area contributed by atoms with Crippen molar-refractivity contribution in [2.24, 2.45) is 0 Å². The van der Waals surface area contributed by atoms with E-state index in [1.54, 1.807) is 6.26 Å². The van der Waals surface area contributed by atoms with Crippen molar-refractivity contribution in [2.75, 3.05) is 13.2 Å². The lowest BCUT2D eigenvalue weighted by atomic mass is 10.1. The fraction of sp³-hybridized carbons (Fsp3) is 0.511. The van der Waals surface area contributed by atoms with E-state index in [1.807, 2.05) is 60.7 Å². The van der Waals surface area contributed by atoms with Crippen molar-refractivity contribution >= 4 is 32.6 Å². The van der Waals surface area contributed by atoms with Gasteiger partial charge in [0.25, 0.3) is 0 Å². The number of aliphatic hydroxyl groups is 2. The standard InChI is InChI=1S/C26H36O4Si.C12H24O4Si.C7H7Br/c1-26(2,3)31(4,5)30-20-24-25(29-19-22-14-10-7-11-15-22)23(16-17-27-24)28-18-21-12-8-6-9-13-21;1-12(2,3)17(4,5)16-8-10-11(14)9(13)6-7-15-10;8-6-7-4-2-1-3-5-7/h6-17,23-25H,18-20H2,1-5H3;6-7,9-11,13-14H,8H2,1-5H3;1-5H,6H2. The minimum absolute atomic E-state index is 0.126. The fourth-order valence-electron chi connectivity index (χ4n) is 5.00. The lowest BCUT2D eigenvalue weighted by molar-refractivity contribution is -0.138. The van der Waals surface area contributed by atoms with Gasteiger partial charge in [-0.25, -0.2) is 0 Å². The van der Waals surface area contributed by atoms with Gasteiger partial charge in [0.15, 0.2) is 16.6 Å². The summed E-state index contributed by atoms with van der Waals surface area (Å²) in [6.45, 7) is 23.9. The molecule has 5 rings (SSSR count). The molecule has 8 nitrogen and oxygen atoms in total. The van der Waals surface area contributed by atoms with Crippen molar-refractivity contribution in [3.05, 3.63) is 132 Å². The third kappa shape index (κ3) is 15.6. The number of alkyl halides is 1. The summed E-state index contributed by atoms with van der Waals surface area (Å²) >= 11 is 3.36. The summed E-state index contributed by atoms with van der Waals surface area (Å²) in [4.78, 5) is 0. The molecular weight excluding hydrogens is 805 g/mol. The molecule has 6 unspecified atom stereocenters. The highest BCUT2D eigenvalue weighted by molar-refractivity contribution is 9.08. The van der Waals surface area contributed by atoms with Crippen LogP contribution in [0.15, 0.2) is 116 Å². The molecule has 6 atom stereocenters. The minimum atomic E-state index is -1.90. The largest absolute Gasteiger partial charge is 0.493 e. The molecule has 0 spiro atoms. The van der Waals surface area contributed by atoms with Crippen molar-refractivity contribution < 1.29 is 38.0 Å². The first-order valence-electron chi connectivity index (χ1n) is 19.5.